The van der Waals surface area contributed by atoms with Crippen molar-refractivity contribution in [2.45, 2.75) is 51.5 Å². The second kappa shape index (κ2) is 8.55. The predicted molar refractivity (Wildman–Crippen MR) is 118 cm³/mol. The van der Waals surface area contributed by atoms with Crippen LogP contribution >= 0.6 is 11.3 Å². The Labute approximate surface area is 184 Å². The van der Waals surface area contributed by atoms with Crippen molar-refractivity contribution in [3.63, 3.8) is 0 Å². The number of pyridine rings is 1. The van der Waals surface area contributed by atoms with Crippen LogP contribution in [0.4, 0.5) is 8.78 Å². The Kier molecular flexibility index (Phi) is 5.99. The molecule has 2 heterocycles. The number of carbonyl (C=O) groups excluding carboxylic acids is 1. The van der Waals surface area contributed by atoms with E-state index in [2.05, 4.69) is 23.8 Å². The minimum Gasteiger partial charge on any atom is -0.328 e. The highest BCUT2D eigenvalue weighted by Gasteiger charge is 2.34. The van der Waals surface area contributed by atoms with Crippen molar-refractivity contribution in [2.24, 2.45) is 11.1 Å². The van der Waals surface area contributed by atoms with E-state index in [9.17, 15) is 13.6 Å². The van der Waals surface area contributed by atoms with Gasteiger partial charge in [-0.3, -0.25) is 9.78 Å². The van der Waals surface area contributed by atoms with Gasteiger partial charge in [0.25, 0.3) is 0 Å². The molecule has 2 atom stereocenters. The van der Waals surface area contributed by atoms with E-state index in [4.69, 9.17) is 5.73 Å². The van der Waals surface area contributed by atoms with E-state index in [1.165, 1.54) is 18.2 Å². The van der Waals surface area contributed by atoms with Gasteiger partial charge in [0.1, 0.15) is 22.3 Å². The Bertz CT molecular complexity index is 1090. The molecule has 3 aromatic rings. The average Bonchev–Trinajstić information content (AvgIpc) is 3.16. The van der Waals surface area contributed by atoms with Crippen molar-refractivity contribution in [1.82, 2.24) is 9.97 Å². The Morgan fingerprint density at radius 3 is 2.68 bits per heavy atom. The van der Waals surface area contributed by atoms with Crippen molar-refractivity contribution in [3.8, 4) is 10.6 Å². The third-order valence-electron chi connectivity index (χ3n) is 5.90. The van der Waals surface area contributed by atoms with Crippen LogP contribution in [-0.2, 0) is 6.42 Å². The van der Waals surface area contributed by atoms with Gasteiger partial charge in [0, 0.05) is 30.2 Å². The van der Waals surface area contributed by atoms with Crippen molar-refractivity contribution in [2.75, 3.05) is 0 Å². The molecule has 2 aromatic heterocycles. The maximum atomic E-state index is 14.1. The van der Waals surface area contributed by atoms with Gasteiger partial charge >= 0.3 is 0 Å². The molecule has 1 aromatic carbocycles. The molecule has 0 amide bonds. The van der Waals surface area contributed by atoms with Crippen molar-refractivity contribution in [1.29, 1.82) is 0 Å². The maximum absolute atomic E-state index is 14.1. The first-order chi connectivity index (χ1) is 14.7. The highest BCUT2D eigenvalue weighted by molar-refractivity contribution is 7.13. The number of benzene rings is 1. The third-order valence-corrected chi connectivity index (χ3v) is 6.76. The smallest absolute Gasteiger partial charge is 0.186 e. The van der Waals surface area contributed by atoms with Crippen LogP contribution in [0.1, 0.15) is 60.6 Å². The van der Waals surface area contributed by atoms with Crippen molar-refractivity contribution < 1.29 is 13.6 Å². The van der Waals surface area contributed by atoms with E-state index >= 15 is 0 Å². The Morgan fingerprint density at radius 1 is 1.23 bits per heavy atom. The van der Waals surface area contributed by atoms with E-state index in [0.29, 0.717) is 0 Å². The zero-order chi connectivity index (χ0) is 22.2. The fraction of sp³-hybridized carbons (Fsp3) is 0.375. The van der Waals surface area contributed by atoms with Crippen LogP contribution in [0.3, 0.4) is 0 Å². The van der Waals surface area contributed by atoms with E-state index < -0.39 is 11.6 Å². The molecule has 1 saturated carbocycles. The topological polar surface area (TPSA) is 68.9 Å². The summed E-state index contributed by atoms with van der Waals surface area (Å²) < 4.78 is 28.1. The molecule has 0 radical (unpaired) electrons. The van der Waals surface area contributed by atoms with E-state index in [0.717, 1.165) is 41.7 Å². The van der Waals surface area contributed by atoms with Crippen molar-refractivity contribution >= 4 is 17.1 Å². The van der Waals surface area contributed by atoms with Crippen LogP contribution in [0.25, 0.3) is 10.6 Å². The van der Waals surface area contributed by atoms with Crippen LogP contribution in [0, 0.1) is 17.0 Å². The summed E-state index contributed by atoms with van der Waals surface area (Å²) in [5, 5.41) is 1.71. The highest BCUT2D eigenvalue weighted by Crippen LogP contribution is 2.43. The lowest BCUT2D eigenvalue weighted by atomic mass is 9.68. The number of halogens is 2. The van der Waals surface area contributed by atoms with Gasteiger partial charge in [-0.15, -0.1) is 11.3 Å². The standard InChI is InChI=1S/C24H25F2N3OS/c1-24(2)10-14(8-16(27)11-24)17-6-7-28-12-15(17)9-21(30)20-13-31-23(29-20)22-18(25)4-3-5-19(22)26/h3-7,12-14,16H,8-11,27H2,1-2H3/t14-,16+/m1/s1. The molecule has 0 saturated heterocycles. The molecule has 162 valence electrons. The summed E-state index contributed by atoms with van der Waals surface area (Å²) >= 11 is 1.06. The van der Waals surface area contributed by atoms with E-state index in [1.807, 2.05) is 6.07 Å². The molecule has 1 fully saturated rings. The number of nitrogens with zero attached hydrogens (tertiary/aromatic N) is 2. The SMILES string of the molecule is CC1(C)C[C@@H](N)C[C@@H](c2ccncc2CC(=O)c2csc(-c3c(F)cccc3F)n2)C1. The monoisotopic (exact) mass is 441 g/mol. The second-order valence-electron chi connectivity index (χ2n) is 9.07. The first kappa shape index (κ1) is 21.7. The lowest BCUT2D eigenvalue weighted by molar-refractivity contribution is 0.0988. The molecule has 0 unspecified atom stereocenters. The summed E-state index contributed by atoms with van der Waals surface area (Å²) in [6.45, 7) is 4.45. The number of rotatable bonds is 5. The molecule has 4 nitrogen and oxygen atoms in total. The van der Waals surface area contributed by atoms with Gasteiger partial charge in [-0.2, -0.15) is 0 Å². The molecular weight excluding hydrogens is 416 g/mol. The van der Waals surface area contributed by atoms with Crippen LogP contribution in [0.15, 0.2) is 42.0 Å². The fourth-order valence-electron chi connectivity index (χ4n) is 4.70. The number of aromatic nitrogens is 2. The van der Waals surface area contributed by atoms with Crippen LogP contribution in [0.5, 0.6) is 0 Å². The molecule has 0 spiro atoms. The van der Waals surface area contributed by atoms with Gasteiger partial charge in [-0.1, -0.05) is 19.9 Å². The molecule has 1 aliphatic rings. The molecule has 1 aliphatic carbocycles. The number of nitrogens with two attached hydrogens (primary N) is 1. The predicted octanol–water partition coefficient (Wildman–Crippen LogP) is 5.53. The summed E-state index contributed by atoms with van der Waals surface area (Å²) in [5.41, 5.74) is 8.41. The average molecular weight is 442 g/mol. The summed E-state index contributed by atoms with van der Waals surface area (Å²) in [6.07, 6.45) is 6.47. The van der Waals surface area contributed by atoms with Gasteiger partial charge < -0.3 is 5.73 Å². The molecule has 0 aliphatic heterocycles. The molecule has 0 bridgehead atoms. The Hall–Kier alpha value is -2.51. The number of hydrogen-bond acceptors (Lipinski definition) is 5. The normalized spacial score (nSPS) is 20.5. The first-order valence-electron chi connectivity index (χ1n) is 10.3. The quantitative estimate of drug-likeness (QED) is 0.529. The number of thiazole rings is 1. The molecule has 2 N–H and O–H groups in total. The van der Waals surface area contributed by atoms with Gasteiger partial charge in [0.2, 0.25) is 0 Å². The summed E-state index contributed by atoms with van der Waals surface area (Å²) in [5.74, 6) is -1.32. The largest absolute Gasteiger partial charge is 0.328 e. The lowest BCUT2D eigenvalue weighted by Crippen LogP contribution is -2.36. The van der Waals surface area contributed by atoms with Crippen LogP contribution in [-0.4, -0.2) is 21.8 Å². The maximum Gasteiger partial charge on any atom is 0.186 e. The van der Waals surface area contributed by atoms with Crippen LogP contribution < -0.4 is 5.73 Å². The molecular formula is C24H25F2N3OS. The van der Waals surface area contributed by atoms with Gasteiger partial charge in [0.05, 0.1) is 5.56 Å². The number of hydrogen-bond donors (Lipinski definition) is 1. The van der Waals surface area contributed by atoms with Crippen molar-refractivity contribution in [3.05, 3.63) is 70.5 Å². The highest BCUT2D eigenvalue weighted by atomic mass is 32.1. The second-order valence-corrected chi connectivity index (χ2v) is 9.93. The first-order valence-corrected chi connectivity index (χ1v) is 11.2. The zero-order valence-corrected chi connectivity index (χ0v) is 18.4. The third kappa shape index (κ3) is 4.72. The van der Waals surface area contributed by atoms with E-state index in [1.54, 1.807) is 17.8 Å². The zero-order valence-electron chi connectivity index (χ0n) is 17.6. The summed E-state index contributed by atoms with van der Waals surface area (Å²) in [4.78, 5) is 21.4. The van der Waals surface area contributed by atoms with E-state index in [-0.39, 0.29) is 45.8 Å². The molecule has 4 rings (SSSR count). The summed E-state index contributed by atoms with van der Waals surface area (Å²) in [7, 11) is 0. The Balaban J connectivity index is 1.57. The number of Topliss-reactive ketones (excluding diaryl/α,β-unsaturated/α-hetero) is 1. The van der Waals surface area contributed by atoms with Crippen LogP contribution in [0.2, 0.25) is 0 Å². The van der Waals surface area contributed by atoms with Gasteiger partial charge in [0.15, 0.2) is 5.78 Å². The fourth-order valence-corrected chi connectivity index (χ4v) is 5.57. The van der Waals surface area contributed by atoms with Gasteiger partial charge in [-0.25, -0.2) is 13.8 Å². The Morgan fingerprint density at radius 2 is 1.97 bits per heavy atom. The summed E-state index contributed by atoms with van der Waals surface area (Å²) in [6, 6.07) is 5.76. The lowest BCUT2D eigenvalue weighted by Gasteiger charge is -2.39. The minimum atomic E-state index is -0.695. The molecule has 7 heteroatoms. The van der Waals surface area contributed by atoms with Gasteiger partial charge in [-0.05, 0) is 59.9 Å². The molecule has 31 heavy (non-hydrogen) atoms. The number of ketones is 1. The minimum absolute atomic E-state index is 0.127. The number of carbonyl (C=O) groups is 1.